The maximum atomic E-state index is 12.5. The van der Waals surface area contributed by atoms with Crippen molar-refractivity contribution in [2.24, 2.45) is 11.3 Å². The number of hydrogen-bond donors (Lipinski definition) is 1. The van der Waals surface area contributed by atoms with Crippen molar-refractivity contribution in [2.45, 2.75) is 32.1 Å². The SMILES string of the molecule is COc1ccc(-c2cc(CC3(C(=O)O)CCCN(C(=O)C4CC4)C3)on2)cc1. The Balaban J connectivity index is 1.52. The number of ether oxygens (including phenoxy) is 1. The molecule has 148 valence electrons. The molecule has 1 aliphatic heterocycles. The van der Waals surface area contributed by atoms with Crippen LogP contribution in [0.3, 0.4) is 0 Å². The van der Waals surface area contributed by atoms with Gasteiger partial charge in [-0.05, 0) is 49.9 Å². The highest BCUT2D eigenvalue weighted by atomic mass is 16.5. The van der Waals surface area contributed by atoms with Crippen LogP contribution in [0.4, 0.5) is 0 Å². The molecular formula is C21H24N2O5. The monoisotopic (exact) mass is 384 g/mol. The summed E-state index contributed by atoms with van der Waals surface area (Å²) in [5.74, 6) is 0.579. The van der Waals surface area contributed by atoms with Gasteiger partial charge in [-0.3, -0.25) is 9.59 Å². The van der Waals surface area contributed by atoms with Crippen molar-refractivity contribution in [1.29, 1.82) is 0 Å². The van der Waals surface area contributed by atoms with Crippen LogP contribution in [0.15, 0.2) is 34.9 Å². The molecule has 1 aromatic carbocycles. The summed E-state index contributed by atoms with van der Waals surface area (Å²) in [6, 6.07) is 9.22. The summed E-state index contributed by atoms with van der Waals surface area (Å²) >= 11 is 0. The maximum Gasteiger partial charge on any atom is 0.311 e. The van der Waals surface area contributed by atoms with E-state index >= 15 is 0 Å². The smallest absolute Gasteiger partial charge is 0.311 e. The number of carboxylic acids is 1. The number of aromatic nitrogens is 1. The van der Waals surface area contributed by atoms with Crippen LogP contribution in [0.25, 0.3) is 11.3 Å². The average molecular weight is 384 g/mol. The van der Waals surface area contributed by atoms with E-state index in [0.29, 0.717) is 30.8 Å². The van der Waals surface area contributed by atoms with Crippen molar-refractivity contribution >= 4 is 11.9 Å². The van der Waals surface area contributed by atoms with Crippen molar-refractivity contribution in [3.05, 3.63) is 36.1 Å². The summed E-state index contributed by atoms with van der Waals surface area (Å²) in [5, 5.41) is 14.1. The average Bonchev–Trinajstić information content (AvgIpc) is 3.47. The predicted octanol–water partition coefficient (Wildman–Crippen LogP) is 3.00. The van der Waals surface area contributed by atoms with Crippen LogP contribution >= 0.6 is 0 Å². The van der Waals surface area contributed by atoms with Crippen molar-refractivity contribution in [2.75, 3.05) is 20.2 Å². The first-order chi connectivity index (χ1) is 13.5. The highest BCUT2D eigenvalue weighted by Crippen LogP contribution is 2.38. The number of nitrogens with zero attached hydrogens (tertiary/aromatic N) is 2. The molecule has 0 bridgehead atoms. The molecule has 1 atom stereocenters. The lowest BCUT2D eigenvalue weighted by Crippen LogP contribution is -2.51. The Morgan fingerprint density at radius 1 is 1.32 bits per heavy atom. The van der Waals surface area contributed by atoms with Gasteiger partial charge in [0.15, 0.2) is 0 Å². The predicted molar refractivity (Wildman–Crippen MR) is 101 cm³/mol. The van der Waals surface area contributed by atoms with Gasteiger partial charge in [0.1, 0.15) is 17.2 Å². The van der Waals surface area contributed by atoms with Gasteiger partial charge in [0.25, 0.3) is 0 Å². The normalized spacial score (nSPS) is 22.1. The van der Waals surface area contributed by atoms with E-state index < -0.39 is 11.4 Å². The Bertz CT molecular complexity index is 871. The molecule has 1 aromatic heterocycles. The number of likely N-dealkylation sites (tertiary alicyclic amines) is 1. The van der Waals surface area contributed by atoms with Gasteiger partial charge in [0, 0.05) is 37.1 Å². The van der Waals surface area contributed by atoms with Crippen LogP contribution in [-0.2, 0) is 16.0 Å². The van der Waals surface area contributed by atoms with Gasteiger partial charge >= 0.3 is 5.97 Å². The molecule has 2 aliphatic rings. The fraction of sp³-hybridized carbons (Fsp3) is 0.476. The molecule has 2 aromatic rings. The molecule has 1 amide bonds. The first-order valence-corrected chi connectivity index (χ1v) is 9.63. The molecule has 0 radical (unpaired) electrons. The highest BCUT2D eigenvalue weighted by molar-refractivity contribution is 5.83. The Hall–Kier alpha value is -2.83. The number of carbonyl (C=O) groups is 2. The second-order valence-corrected chi connectivity index (χ2v) is 7.81. The standard InChI is InChI=1S/C21H24N2O5/c1-27-16-7-5-14(6-8-16)18-11-17(28-22-18)12-21(20(25)26)9-2-10-23(13-21)19(24)15-3-4-15/h5-8,11,15H,2-4,9-10,12-13H2,1H3,(H,25,26). The van der Waals surface area contributed by atoms with E-state index in [1.165, 1.54) is 0 Å². The summed E-state index contributed by atoms with van der Waals surface area (Å²) in [6.45, 7) is 0.869. The number of methoxy groups -OCH3 is 1. The first kappa shape index (κ1) is 18.5. The van der Waals surface area contributed by atoms with Gasteiger partial charge in [-0.2, -0.15) is 0 Å². The van der Waals surface area contributed by atoms with E-state index in [0.717, 1.165) is 24.2 Å². The minimum Gasteiger partial charge on any atom is -0.497 e. The minimum atomic E-state index is -1.03. The van der Waals surface area contributed by atoms with E-state index in [4.69, 9.17) is 9.26 Å². The van der Waals surface area contributed by atoms with Crippen LogP contribution in [0, 0.1) is 11.3 Å². The molecule has 1 aliphatic carbocycles. The molecule has 28 heavy (non-hydrogen) atoms. The molecule has 1 saturated heterocycles. The Morgan fingerprint density at radius 2 is 2.07 bits per heavy atom. The second kappa shape index (κ2) is 7.30. The first-order valence-electron chi connectivity index (χ1n) is 9.63. The minimum absolute atomic E-state index is 0.0940. The largest absolute Gasteiger partial charge is 0.497 e. The summed E-state index contributed by atoms with van der Waals surface area (Å²) in [7, 11) is 1.61. The van der Waals surface area contributed by atoms with E-state index in [-0.39, 0.29) is 24.8 Å². The highest BCUT2D eigenvalue weighted by Gasteiger charge is 2.46. The van der Waals surface area contributed by atoms with E-state index in [1.807, 2.05) is 24.3 Å². The molecule has 7 nitrogen and oxygen atoms in total. The van der Waals surface area contributed by atoms with Crippen molar-refractivity contribution in [3.8, 4) is 17.0 Å². The van der Waals surface area contributed by atoms with E-state index in [2.05, 4.69) is 5.16 Å². The Morgan fingerprint density at radius 3 is 2.71 bits per heavy atom. The lowest BCUT2D eigenvalue weighted by Gasteiger charge is -2.39. The van der Waals surface area contributed by atoms with Crippen LogP contribution in [0.5, 0.6) is 5.75 Å². The second-order valence-electron chi connectivity index (χ2n) is 7.81. The molecule has 2 fully saturated rings. The fourth-order valence-electron chi connectivity index (χ4n) is 3.93. The fourth-order valence-corrected chi connectivity index (χ4v) is 3.93. The van der Waals surface area contributed by atoms with Gasteiger partial charge < -0.3 is 19.3 Å². The van der Waals surface area contributed by atoms with Crippen LogP contribution in [0.1, 0.15) is 31.4 Å². The third kappa shape index (κ3) is 3.61. The zero-order chi connectivity index (χ0) is 19.7. The molecule has 7 heteroatoms. The molecule has 0 spiro atoms. The molecule has 1 unspecified atom stereocenters. The Labute approximate surface area is 163 Å². The molecule has 1 N–H and O–H groups in total. The van der Waals surface area contributed by atoms with Crippen LogP contribution in [0.2, 0.25) is 0 Å². The number of hydrogen-bond acceptors (Lipinski definition) is 5. The lowest BCUT2D eigenvalue weighted by molar-refractivity contribution is -0.155. The molecule has 4 rings (SSSR count). The number of benzene rings is 1. The molecule has 1 saturated carbocycles. The zero-order valence-electron chi connectivity index (χ0n) is 15.9. The summed E-state index contributed by atoms with van der Waals surface area (Å²) in [5.41, 5.74) is 0.494. The number of carbonyl (C=O) groups excluding carboxylic acids is 1. The maximum absolute atomic E-state index is 12.5. The summed E-state index contributed by atoms with van der Waals surface area (Å²) in [6.07, 6.45) is 3.27. The van der Waals surface area contributed by atoms with Gasteiger partial charge in [-0.25, -0.2) is 0 Å². The summed E-state index contributed by atoms with van der Waals surface area (Å²) in [4.78, 5) is 26.4. The summed E-state index contributed by atoms with van der Waals surface area (Å²) < 4.78 is 10.6. The third-order valence-electron chi connectivity index (χ3n) is 5.73. The van der Waals surface area contributed by atoms with E-state index in [9.17, 15) is 14.7 Å². The number of rotatable bonds is 6. The zero-order valence-corrected chi connectivity index (χ0v) is 15.9. The topological polar surface area (TPSA) is 92.9 Å². The van der Waals surface area contributed by atoms with Gasteiger partial charge in [-0.15, -0.1) is 0 Å². The Kier molecular flexibility index (Phi) is 4.83. The van der Waals surface area contributed by atoms with Gasteiger partial charge in [0.05, 0.1) is 12.5 Å². The van der Waals surface area contributed by atoms with E-state index in [1.54, 1.807) is 18.1 Å². The lowest BCUT2D eigenvalue weighted by atomic mass is 9.76. The third-order valence-corrected chi connectivity index (χ3v) is 5.73. The van der Waals surface area contributed by atoms with Gasteiger partial charge in [0.2, 0.25) is 5.91 Å². The van der Waals surface area contributed by atoms with Gasteiger partial charge in [-0.1, -0.05) is 5.16 Å². The van der Waals surface area contributed by atoms with Crippen LogP contribution in [-0.4, -0.2) is 47.2 Å². The number of amides is 1. The van der Waals surface area contributed by atoms with Crippen LogP contribution < -0.4 is 4.74 Å². The van der Waals surface area contributed by atoms with Crippen molar-refractivity contribution in [3.63, 3.8) is 0 Å². The molecule has 2 heterocycles. The van der Waals surface area contributed by atoms with Crippen molar-refractivity contribution in [1.82, 2.24) is 10.1 Å². The van der Waals surface area contributed by atoms with Crippen molar-refractivity contribution < 1.29 is 24.0 Å². The number of aliphatic carboxylic acids is 1. The quantitative estimate of drug-likeness (QED) is 0.823. The molecular weight excluding hydrogens is 360 g/mol. The number of piperidine rings is 1. The number of carboxylic acid groups (broad SMARTS) is 1.